The molecule has 0 fully saturated rings. The number of amides is 1. The van der Waals surface area contributed by atoms with Gasteiger partial charge in [0.25, 0.3) is 5.91 Å². The summed E-state index contributed by atoms with van der Waals surface area (Å²) in [6.07, 6.45) is 2.43. The van der Waals surface area contributed by atoms with Crippen LogP contribution in [0, 0.1) is 13.8 Å². The molecule has 0 spiro atoms. The zero-order chi connectivity index (χ0) is 21.6. The van der Waals surface area contributed by atoms with Crippen LogP contribution in [0.3, 0.4) is 0 Å². The van der Waals surface area contributed by atoms with Gasteiger partial charge in [-0.2, -0.15) is 5.10 Å². The summed E-state index contributed by atoms with van der Waals surface area (Å²) >= 11 is 0. The number of carbonyl (C=O) groups is 1. The molecule has 2 aromatic rings. The third-order valence-electron chi connectivity index (χ3n) is 4.00. The Morgan fingerprint density at radius 1 is 1.24 bits per heavy atom. The molecule has 0 heterocycles. The third kappa shape index (κ3) is 6.21. The van der Waals surface area contributed by atoms with Crippen molar-refractivity contribution in [2.75, 3.05) is 23.7 Å². The standard InChI is InChI=1S/C20H25N3O5S/c1-5-28-19-11-16(7-9-18(19)24)12-21-22-20(25)13-23(29(4,26)27)17-8-6-14(2)10-15(17)3/h6-12,24H,5,13H2,1-4H3,(H,22,25)/b21-12-. The van der Waals surface area contributed by atoms with Gasteiger partial charge in [0.15, 0.2) is 11.5 Å². The van der Waals surface area contributed by atoms with Crippen LogP contribution in [-0.2, 0) is 14.8 Å². The smallest absolute Gasteiger partial charge is 0.260 e. The lowest BCUT2D eigenvalue weighted by atomic mass is 10.1. The topological polar surface area (TPSA) is 108 Å². The van der Waals surface area contributed by atoms with Crippen LogP contribution in [-0.4, -0.2) is 45.1 Å². The number of nitrogens with one attached hydrogen (secondary N) is 1. The first kappa shape index (κ1) is 22.2. The summed E-state index contributed by atoms with van der Waals surface area (Å²) < 4.78 is 30.7. The molecule has 0 atom stereocenters. The number of benzene rings is 2. The van der Waals surface area contributed by atoms with Crippen LogP contribution in [0.25, 0.3) is 0 Å². The molecule has 29 heavy (non-hydrogen) atoms. The van der Waals surface area contributed by atoms with Gasteiger partial charge in [0.1, 0.15) is 6.54 Å². The highest BCUT2D eigenvalue weighted by Gasteiger charge is 2.22. The Labute approximate surface area is 170 Å². The lowest BCUT2D eigenvalue weighted by Crippen LogP contribution is -2.39. The number of phenolic OH excluding ortho intramolecular Hbond substituents is 1. The number of rotatable bonds is 8. The monoisotopic (exact) mass is 419 g/mol. The van der Waals surface area contributed by atoms with Gasteiger partial charge in [0.2, 0.25) is 10.0 Å². The van der Waals surface area contributed by atoms with Gasteiger partial charge in [-0.05, 0) is 56.2 Å². The van der Waals surface area contributed by atoms with Crippen LogP contribution in [0.15, 0.2) is 41.5 Å². The lowest BCUT2D eigenvalue weighted by Gasteiger charge is -2.23. The van der Waals surface area contributed by atoms with Gasteiger partial charge in [-0.15, -0.1) is 0 Å². The second-order valence-corrected chi connectivity index (χ2v) is 8.42. The van der Waals surface area contributed by atoms with E-state index in [0.717, 1.165) is 21.7 Å². The maximum absolute atomic E-state index is 12.3. The van der Waals surface area contributed by atoms with Crippen molar-refractivity contribution < 1.29 is 23.1 Å². The van der Waals surface area contributed by atoms with E-state index < -0.39 is 22.5 Å². The van der Waals surface area contributed by atoms with Crippen molar-refractivity contribution in [3.63, 3.8) is 0 Å². The number of hydrogen-bond donors (Lipinski definition) is 2. The van der Waals surface area contributed by atoms with Crippen LogP contribution in [0.1, 0.15) is 23.6 Å². The summed E-state index contributed by atoms with van der Waals surface area (Å²) in [6, 6.07) is 9.95. The van der Waals surface area contributed by atoms with Crippen LogP contribution in [0.4, 0.5) is 5.69 Å². The van der Waals surface area contributed by atoms with E-state index in [0.29, 0.717) is 23.6 Å². The van der Waals surface area contributed by atoms with Gasteiger partial charge in [-0.25, -0.2) is 13.8 Å². The van der Waals surface area contributed by atoms with E-state index >= 15 is 0 Å². The second-order valence-electron chi connectivity index (χ2n) is 6.51. The molecule has 2 N–H and O–H groups in total. The molecular formula is C20H25N3O5S. The van der Waals surface area contributed by atoms with E-state index in [4.69, 9.17) is 4.74 Å². The highest BCUT2D eigenvalue weighted by atomic mass is 32.2. The van der Waals surface area contributed by atoms with E-state index in [1.807, 2.05) is 13.0 Å². The van der Waals surface area contributed by atoms with E-state index in [1.165, 1.54) is 12.3 Å². The zero-order valence-electron chi connectivity index (χ0n) is 16.8. The molecule has 2 aromatic carbocycles. The number of aromatic hydroxyl groups is 1. The minimum Gasteiger partial charge on any atom is -0.504 e. The SMILES string of the molecule is CCOc1cc(/C=N\NC(=O)CN(c2ccc(C)cc2C)S(C)(=O)=O)ccc1O. The normalized spacial score (nSPS) is 11.4. The Balaban J connectivity index is 2.11. The second kappa shape index (κ2) is 9.42. The minimum atomic E-state index is -3.67. The number of sulfonamides is 1. The molecule has 1 amide bonds. The number of ether oxygens (including phenoxy) is 1. The predicted molar refractivity (Wildman–Crippen MR) is 113 cm³/mol. The molecule has 0 unspecified atom stereocenters. The summed E-state index contributed by atoms with van der Waals surface area (Å²) in [5.74, 6) is -0.276. The molecule has 2 rings (SSSR count). The molecule has 0 aliphatic rings. The quantitative estimate of drug-likeness (QED) is 0.504. The predicted octanol–water partition coefficient (Wildman–Crippen LogP) is 2.32. The van der Waals surface area contributed by atoms with Gasteiger partial charge in [0, 0.05) is 0 Å². The molecule has 156 valence electrons. The van der Waals surface area contributed by atoms with Gasteiger partial charge in [-0.3, -0.25) is 9.10 Å². The van der Waals surface area contributed by atoms with Crippen molar-refractivity contribution in [1.82, 2.24) is 5.43 Å². The Morgan fingerprint density at radius 2 is 1.97 bits per heavy atom. The van der Waals surface area contributed by atoms with Crippen molar-refractivity contribution >= 4 is 27.8 Å². The summed E-state index contributed by atoms with van der Waals surface area (Å²) in [7, 11) is -3.67. The van der Waals surface area contributed by atoms with Gasteiger partial charge in [-0.1, -0.05) is 17.7 Å². The van der Waals surface area contributed by atoms with Gasteiger partial charge < -0.3 is 9.84 Å². The molecule has 0 aliphatic carbocycles. The molecule has 0 saturated carbocycles. The molecule has 9 heteroatoms. The van der Waals surface area contributed by atoms with E-state index in [2.05, 4.69) is 10.5 Å². The summed E-state index contributed by atoms with van der Waals surface area (Å²) in [5, 5.41) is 13.6. The summed E-state index contributed by atoms with van der Waals surface area (Å²) in [4.78, 5) is 12.3. The van der Waals surface area contributed by atoms with Crippen LogP contribution in [0.5, 0.6) is 11.5 Å². The number of carbonyl (C=O) groups excluding carboxylic acids is 1. The number of nitrogens with zero attached hydrogens (tertiary/aromatic N) is 2. The number of hydrazone groups is 1. The fraction of sp³-hybridized carbons (Fsp3) is 0.300. The van der Waals surface area contributed by atoms with Crippen LogP contribution >= 0.6 is 0 Å². The average Bonchev–Trinajstić information content (AvgIpc) is 2.62. The Morgan fingerprint density at radius 3 is 2.59 bits per heavy atom. The molecule has 0 aromatic heterocycles. The number of anilines is 1. The summed E-state index contributed by atoms with van der Waals surface area (Å²) in [5.41, 5.74) is 5.11. The third-order valence-corrected chi connectivity index (χ3v) is 5.12. The highest BCUT2D eigenvalue weighted by Crippen LogP contribution is 2.26. The van der Waals surface area contributed by atoms with Crippen LogP contribution in [0.2, 0.25) is 0 Å². The minimum absolute atomic E-state index is 0.00491. The first-order valence-electron chi connectivity index (χ1n) is 8.94. The summed E-state index contributed by atoms with van der Waals surface area (Å²) in [6.45, 7) is 5.48. The molecule has 0 radical (unpaired) electrons. The van der Waals surface area contributed by atoms with Crippen molar-refractivity contribution in [2.24, 2.45) is 5.10 Å². The first-order chi connectivity index (χ1) is 13.6. The molecule has 0 aliphatic heterocycles. The van der Waals surface area contributed by atoms with Crippen LogP contribution < -0.4 is 14.5 Å². The fourth-order valence-electron chi connectivity index (χ4n) is 2.69. The Bertz CT molecular complexity index is 1020. The van der Waals surface area contributed by atoms with Gasteiger partial charge in [0.05, 0.1) is 24.8 Å². The van der Waals surface area contributed by atoms with Crippen molar-refractivity contribution in [1.29, 1.82) is 0 Å². The highest BCUT2D eigenvalue weighted by molar-refractivity contribution is 7.92. The maximum atomic E-state index is 12.3. The van der Waals surface area contributed by atoms with Crippen molar-refractivity contribution in [3.8, 4) is 11.5 Å². The molecule has 0 bridgehead atoms. The maximum Gasteiger partial charge on any atom is 0.260 e. The lowest BCUT2D eigenvalue weighted by molar-refractivity contribution is -0.119. The Kier molecular flexibility index (Phi) is 7.22. The van der Waals surface area contributed by atoms with Crippen molar-refractivity contribution in [2.45, 2.75) is 20.8 Å². The molecule has 0 saturated heterocycles. The first-order valence-corrected chi connectivity index (χ1v) is 10.8. The fourth-order valence-corrected chi connectivity index (χ4v) is 3.61. The van der Waals surface area contributed by atoms with E-state index in [9.17, 15) is 18.3 Å². The molecule has 8 nitrogen and oxygen atoms in total. The van der Waals surface area contributed by atoms with Crippen molar-refractivity contribution in [3.05, 3.63) is 53.1 Å². The largest absolute Gasteiger partial charge is 0.504 e. The average molecular weight is 420 g/mol. The number of phenols is 1. The number of hydrogen-bond acceptors (Lipinski definition) is 6. The number of aryl methyl sites for hydroxylation is 2. The Hall–Kier alpha value is -3.07. The van der Waals surface area contributed by atoms with E-state index in [-0.39, 0.29) is 5.75 Å². The van der Waals surface area contributed by atoms with Gasteiger partial charge >= 0.3 is 0 Å². The van der Waals surface area contributed by atoms with E-state index in [1.54, 1.807) is 38.1 Å². The molecular weight excluding hydrogens is 394 g/mol. The zero-order valence-corrected chi connectivity index (χ0v) is 17.7.